The summed E-state index contributed by atoms with van der Waals surface area (Å²) in [6.07, 6.45) is 0. The van der Waals surface area contributed by atoms with Crippen LogP contribution in [0.15, 0.2) is 52.9 Å². The van der Waals surface area contributed by atoms with Gasteiger partial charge in [0.2, 0.25) is 5.89 Å². The molecule has 0 unspecified atom stereocenters. The number of nitrogens with zero attached hydrogens (tertiary/aromatic N) is 5. The van der Waals surface area contributed by atoms with E-state index >= 15 is 0 Å². The van der Waals surface area contributed by atoms with E-state index in [1.807, 2.05) is 42.2 Å². The van der Waals surface area contributed by atoms with E-state index in [-0.39, 0.29) is 16.3 Å². The minimum Gasteiger partial charge on any atom is -0.409 e. The van der Waals surface area contributed by atoms with Crippen molar-refractivity contribution in [2.24, 2.45) is 0 Å². The Bertz CT molecular complexity index is 1050. The molecular weight excluding hydrogens is 386 g/mol. The summed E-state index contributed by atoms with van der Waals surface area (Å²) >= 11 is 5.20. The van der Waals surface area contributed by atoms with Crippen molar-refractivity contribution in [2.75, 3.05) is 11.4 Å². The lowest BCUT2D eigenvalue weighted by Crippen LogP contribution is -2.26. The second-order valence-corrected chi connectivity index (χ2v) is 6.11. The van der Waals surface area contributed by atoms with Gasteiger partial charge >= 0.3 is 0 Å². The Hall–Kier alpha value is -3.60. The van der Waals surface area contributed by atoms with Crippen LogP contribution in [0.25, 0.3) is 11.5 Å². The monoisotopic (exact) mass is 401 g/mol. The summed E-state index contributed by atoms with van der Waals surface area (Å²) in [5.41, 5.74) is 0.203. The molecule has 0 aliphatic heterocycles. The van der Waals surface area contributed by atoms with Gasteiger partial charge in [0.15, 0.2) is 0 Å². The summed E-state index contributed by atoms with van der Waals surface area (Å²) in [5.74, 6) is -0.0269. The number of para-hydroxylation sites is 1. The van der Waals surface area contributed by atoms with Crippen molar-refractivity contribution in [3.63, 3.8) is 0 Å². The molecule has 0 aliphatic rings. The number of hydrogen-bond donors (Lipinski definition) is 0. The number of nitro groups is 2. The van der Waals surface area contributed by atoms with Gasteiger partial charge in [-0.15, -0.1) is 5.10 Å². The van der Waals surface area contributed by atoms with Gasteiger partial charge in [0.05, 0.1) is 21.5 Å². The average Bonchev–Trinajstić information content (AvgIpc) is 3.06. The number of aromatic nitrogens is 2. The predicted octanol–water partition coefficient (Wildman–Crippen LogP) is 4.17. The first-order chi connectivity index (χ1) is 13.4. The first kappa shape index (κ1) is 19.2. The molecule has 0 saturated heterocycles. The largest absolute Gasteiger partial charge is 0.409 e. The van der Waals surface area contributed by atoms with Crippen LogP contribution >= 0.6 is 12.2 Å². The molecule has 1 aromatic heterocycles. The van der Waals surface area contributed by atoms with Gasteiger partial charge in [-0.1, -0.05) is 18.2 Å². The normalized spacial score (nSPS) is 10.6. The van der Waals surface area contributed by atoms with E-state index in [4.69, 9.17) is 16.6 Å². The van der Waals surface area contributed by atoms with Gasteiger partial charge in [0.25, 0.3) is 16.2 Å². The molecule has 2 aromatic carbocycles. The Labute approximate surface area is 163 Å². The molecule has 10 nitrogen and oxygen atoms in total. The summed E-state index contributed by atoms with van der Waals surface area (Å²) in [4.78, 5) is 22.8. The Kier molecular flexibility index (Phi) is 5.45. The van der Waals surface area contributed by atoms with Crippen LogP contribution < -0.4 is 4.90 Å². The molecule has 28 heavy (non-hydrogen) atoms. The lowest BCUT2D eigenvalue weighted by atomic mass is 10.2. The van der Waals surface area contributed by atoms with E-state index in [1.165, 1.54) is 4.68 Å². The Morgan fingerprint density at radius 1 is 1.11 bits per heavy atom. The highest BCUT2D eigenvalue weighted by atomic mass is 32.1. The number of hydrogen-bond acceptors (Lipinski definition) is 8. The van der Waals surface area contributed by atoms with E-state index < -0.39 is 21.2 Å². The fourth-order valence-corrected chi connectivity index (χ4v) is 2.78. The summed E-state index contributed by atoms with van der Waals surface area (Å²) in [6.45, 7) is 2.94. The van der Waals surface area contributed by atoms with E-state index in [9.17, 15) is 20.2 Å². The van der Waals surface area contributed by atoms with Crippen LogP contribution in [0.2, 0.25) is 0 Å². The predicted molar refractivity (Wildman–Crippen MR) is 104 cm³/mol. The molecule has 0 fully saturated rings. The number of anilines is 1. The number of benzene rings is 2. The Morgan fingerprint density at radius 2 is 1.71 bits per heavy atom. The average molecular weight is 401 g/mol. The molecule has 11 heteroatoms. The van der Waals surface area contributed by atoms with Crippen LogP contribution in [-0.4, -0.2) is 26.2 Å². The van der Waals surface area contributed by atoms with E-state index in [1.54, 1.807) is 0 Å². The SMILES string of the molecule is CCN(Cn1nc(-c2cc([N+](=O)[O-])cc([N+](=O)[O-])c2)oc1=S)c1ccccc1. The Balaban J connectivity index is 1.97. The lowest BCUT2D eigenvalue weighted by Gasteiger charge is -2.22. The fraction of sp³-hybridized carbons (Fsp3) is 0.176. The zero-order valence-corrected chi connectivity index (χ0v) is 15.5. The van der Waals surface area contributed by atoms with E-state index in [0.29, 0.717) is 13.2 Å². The van der Waals surface area contributed by atoms with Crippen LogP contribution in [-0.2, 0) is 6.67 Å². The summed E-state index contributed by atoms with van der Waals surface area (Å²) in [6, 6.07) is 12.8. The first-order valence-corrected chi connectivity index (χ1v) is 8.62. The number of nitro benzene ring substituents is 2. The fourth-order valence-electron chi connectivity index (χ4n) is 2.61. The van der Waals surface area contributed by atoms with Crippen LogP contribution in [0.3, 0.4) is 0 Å². The van der Waals surface area contributed by atoms with Gasteiger partial charge in [-0.2, -0.15) is 0 Å². The van der Waals surface area contributed by atoms with Gasteiger partial charge in [-0.25, -0.2) is 4.68 Å². The highest BCUT2D eigenvalue weighted by Gasteiger charge is 2.20. The number of non-ortho nitro benzene ring substituents is 2. The molecule has 0 radical (unpaired) electrons. The molecule has 0 amide bonds. The van der Waals surface area contributed by atoms with Gasteiger partial charge in [-0.3, -0.25) is 20.2 Å². The van der Waals surface area contributed by atoms with Crippen molar-refractivity contribution in [3.8, 4) is 11.5 Å². The van der Waals surface area contributed by atoms with Crippen molar-refractivity contribution in [3.05, 3.63) is 73.6 Å². The molecular formula is C17H15N5O5S. The van der Waals surface area contributed by atoms with Crippen LogP contribution in [0, 0.1) is 25.1 Å². The lowest BCUT2D eigenvalue weighted by molar-refractivity contribution is -0.394. The second-order valence-electron chi connectivity index (χ2n) is 5.76. The molecule has 0 spiro atoms. The van der Waals surface area contributed by atoms with Gasteiger partial charge in [0.1, 0.15) is 6.67 Å². The summed E-state index contributed by atoms with van der Waals surface area (Å²) < 4.78 is 6.87. The summed E-state index contributed by atoms with van der Waals surface area (Å²) in [7, 11) is 0. The molecule has 3 rings (SSSR count). The maximum Gasteiger partial charge on any atom is 0.289 e. The first-order valence-electron chi connectivity index (χ1n) is 8.21. The third kappa shape index (κ3) is 4.04. The van der Waals surface area contributed by atoms with Crippen LogP contribution in [0.4, 0.5) is 17.1 Å². The molecule has 0 atom stereocenters. The zero-order chi connectivity index (χ0) is 20.3. The van der Waals surface area contributed by atoms with Crippen LogP contribution in [0.5, 0.6) is 0 Å². The summed E-state index contributed by atoms with van der Waals surface area (Å²) in [5, 5.41) is 26.4. The zero-order valence-electron chi connectivity index (χ0n) is 14.7. The highest BCUT2D eigenvalue weighted by Crippen LogP contribution is 2.29. The molecule has 0 saturated carbocycles. The van der Waals surface area contributed by atoms with E-state index in [2.05, 4.69) is 5.10 Å². The third-order valence-electron chi connectivity index (χ3n) is 3.99. The van der Waals surface area contributed by atoms with Crippen molar-refractivity contribution in [1.82, 2.24) is 9.78 Å². The quantitative estimate of drug-likeness (QED) is 0.328. The maximum absolute atomic E-state index is 11.1. The van der Waals surface area contributed by atoms with Gasteiger partial charge in [0, 0.05) is 24.4 Å². The minimum absolute atomic E-state index is 0.0269. The van der Waals surface area contributed by atoms with Crippen molar-refractivity contribution in [2.45, 2.75) is 13.6 Å². The second kappa shape index (κ2) is 7.96. The third-order valence-corrected chi connectivity index (χ3v) is 4.28. The van der Waals surface area contributed by atoms with E-state index in [0.717, 1.165) is 23.9 Å². The number of rotatable bonds is 7. The molecule has 0 N–H and O–H groups in total. The topological polar surface area (TPSA) is 120 Å². The minimum atomic E-state index is -0.712. The maximum atomic E-state index is 11.1. The standard InChI is InChI=1S/C17H15N5O5S/c1-2-19(13-6-4-3-5-7-13)11-20-17(28)27-16(18-20)12-8-14(21(23)24)10-15(9-12)22(25)26/h3-10H,2,11H2,1H3. The van der Waals surface area contributed by atoms with Crippen molar-refractivity contribution in [1.29, 1.82) is 0 Å². The molecule has 0 aliphatic carbocycles. The molecule has 3 aromatic rings. The molecule has 0 bridgehead atoms. The van der Waals surface area contributed by atoms with Gasteiger partial charge < -0.3 is 9.32 Å². The molecule has 1 heterocycles. The van der Waals surface area contributed by atoms with Gasteiger partial charge in [-0.05, 0) is 31.3 Å². The van der Waals surface area contributed by atoms with Crippen molar-refractivity contribution < 1.29 is 14.3 Å². The smallest absolute Gasteiger partial charge is 0.289 e. The van der Waals surface area contributed by atoms with Crippen LogP contribution in [0.1, 0.15) is 6.92 Å². The highest BCUT2D eigenvalue weighted by molar-refractivity contribution is 7.71. The Morgan fingerprint density at radius 3 is 2.25 bits per heavy atom. The molecule has 144 valence electrons. The van der Waals surface area contributed by atoms with Crippen molar-refractivity contribution >= 4 is 29.3 Å².